The van der Waals surface area contributed by atoms with Crippen molar-refractivity contribution in [3.63, 3.8) is 0 Å². The quantitative estimate of drug-likeness (QED) is 0.946. The lowest BCUT2D eigenvalue weighted by atomic mass is 9.99. The summed E-state index contributed by atoms with van der Waals surface area (Å²) in [6.07, 6.45) is 2.65. The number of halogens is 1. The molecule has 0 spiro atoms. The molecule has 4 heteroatoms. The van der Waals surface area contributed by atoms with Gasteiger partial charge >= 0.3 is 0 Å². The summed E-state index contributed by atoms with van der Waals surface area (Å²) < 4.78 is 6.18. The van der Waals surface area contributed by atoms with Gasteiger partial charge in [-0.3, -0.25) is 4.98 Å². The molecule has 2 aromatic rings. The van der Waals surface area contributed by atoms with E-state index < -0.39 is 6.10 Å². The van der Waals surface area contributed by atoms with Gasteiger partial charge in [-0.25, -0.2) is 0 Å². The van der Waals surface area contributed by atoms with Crippen LogP contribution in [0.25, 0.3) is 0 Å². The van der Waals surface area contributed by atoms with Crippen molar-refractivity contribution < 1.29 is 9.84 Å². The van der Waals surface area contributed by atoms with Gasteiger partial charge in [0.25, 0.3) is 0 Å². The summed E-state index contributed by atoms with van der Waals surface area (Å²) in [5.74, 6) is 0.661. The molecule has 0 aliphatic carbocycles. The van der Waals surface area contributed by atoms with E-state index in [2.05, 4.69) is 20.9 Å². The summed E-state index contributed by atoms with van der Waals surface area (Å²) in [6.45, 7) is 1.95. The number of rotatable bonds is 3. The summed E-state index contributed by atoms with van der Waals surface area (Å²) in [7, 11) is 1.59. The number of nitrogens with zero attached hydrogens (tertiary/aromatic N) is 1. The van der Waals surface area contributed by atoms with Crippen LogP contribution in [0, 0.1) is 6.92 Å². The van der Waals surface area contributed by atoms with Crippen LogP contribution < -0.4 is 4.74 Å². The molecule has 0 aliphatic heterocycles. The largest absolute Gasteiger partial charge is 0.496 e. The maximum absolute atomic E-state index is 10.5. The van der Waals surface area contributed by atoms with Crippen LogP contribution in [0.4, 0.5) is 0 Å². The highest BCUT2D eigenvalue weighted by Gasteiger charge is 2.17. The number of aliphatic hydroxyl groups is 1. The Labute approximate surface area is 115 Å². The molecule has 1 aromatic carbocycles. The minimum absolute atomic E-state index is 0.661. The fourth-order valence-corrected chi connectivity index (χ4v) is 2.23. The fourth-order valence-electron chi connectivity index (χ4n) is 1.85. The molecule has 3 nitrogen and oxygen atoms in total. The summed E-state index contributed by atoms with van der Waals surface area (Å²) >= 11 is 3.40. The van der Waals surface area contributed by atoms with E-state index in [4.69, 9.17) is 4.74 Å². The average Bonchev–Trinajstić information content (AvgIpc) is 2.38. The molecule has 0 saturated heterocycles. The predicted octanol–water partition coefficient (Wildman–Crippen LogP) is 3.24. The molecule has 1 N–H and O–H groups in total. The van der Waals surface area contributed by atoms with Gasteiger partial charge < -0.3 is 9.84 Å². The van der Waals surface area contributed by atoms with Crippen LogP contribution in [0.5, 0.6) is 5.75 Å². The lowest BCUT2D eigenvalue weighted by Gasteiger charge is -2.16. The van der Waals surface area contributed by atoms with Gasteiger partial charge in [0.05, 0.1) is 7.11 Å². The van der Waals surface area contributed by atoms with Gasteiger partial charge in [0.1, 0.15) is 11.9 Å². The van der Waals surface area contributed by atoms with Crippen molar-refractivity contribution >= 4 is 15.9 Å². The number of methoxy groups -OCH3 is 1. The minimum Gasteiger partial charge on any atom is -0.496 e. The monoisotopic (exact) mass is 307 g/mol. The van der Waals surface area contributed by atoms with Crippen LogP contribution in [0.15, 0.2) is 41.1 Å². The van der Waals surface area contributed by atoms with E-state index in [1.807, 2.05) is 31.2 Å². The Morgan fingerprint density at radius 1 is 1.28 bits per heavy atom. The second-order valence-electron chi connectivity index (χ2n) is 4.02. The molecule has 0 radical (unpaired) electrons. The second-order valence-corrected chi connectivity index (χ2v) is 4.94. The van der Waals surface area contributed by atoms with Crippen LogP contribution in [0.3, 0.4) is 0 Å². The number of ether oxygens (including phenoxy) is 1. The average molecular weight is 308 g/mol. The molecular formula is C14H14BrNO2. The van der Waals surface area contributed by atoms with Crippen molar-refractivity contribution in [1.82, 2.24) is 4.98 Å². The maximum atomic E-state index is 10.5. The van der Waals surface area contributed by atoms with Gasteiger partial charge in [-0.15, -0.1) is 0 Å². The molecule has 1 heterocycles. The smallest absolute Gasteiger partial charge is 0.125 e. The third kappa shape index (κ3) is 2.54. The molecule has 18 heavy (non-hydrogen) atoms. The maximum Gasteiger partial charge on any atom is 0.125 e. The normalized spacial score (nSPS) is 12.2. The highest BCUT2D eigenvalue weighted by Crippen LogP contribution is 2.33. The molecule has 0 bridgehead atoms. The highest BCUT2D eigenvalue weighted by molar-refractivity contribution is 9.10. The Bertz CT molecular complexity index is 557. The zero-order chi connectivity index (χ0) is 13.1. The van der Waals surface area contributed by atoms with Gasteiger partial charge in [-0.1, -0.05) is 15.9 Å². The number of aliphatic hydroxyl groups excluding tert-OH is 1. The highest BCUT2D eigenvalue weighted by atomic mass is 79.9. The molecular weight excluding hydrogens is 294 g/mol. The molecule has 0 saturated carbocycles. The number of hydrogen-bond donors (Lipinski definition) is 1. The SMILES string of the molecule is COc1ccc(Br)cc1C(O)c1cnccc1C. The minimum atomic E-state index is -0.744. The summed E-state index contributed by atoms with van der Waals surface area (Å²) in [6, 6.07) is 7.44. The third-order valence-electron chi connectivity index (χ3n) is 2.86. The first-order valence-electron chi connectivity index (χ1n) is 5.55. The molecule has 1 unspecified atom stereocenters. The summed E-state index contributed by atoms with van der Waals surface area (Å²) in [4.78, 5) is 4.06. The van der Waals surface area contributed by atoms with Crippen molar-refractivity contribution in [3.8, 4) is 5.75 Å². The van der Waals surface area contributed by atoms with Crippen molar-refractivity contribution in [2.45, 2.75) is 13.0 Å². The van der Waals surface area contributed by atoms with Gasteiger partial charge in [-0.2, -0.15) is 0 Å². The van der Waals surface area contributed by atoms with Crippen LogP contribution in [-0.2, 0) is 0 Å². The first-order valence-corrected chi connectivity index (χ1v) is 6.35. The number of aromatic nitrogens is 1. The second kappa shape index (κ2) is 5.50. The standard InChI is InChI=1S/C14H14BrNO2/c1-9-5-6-16-8-12(9)14(17)11-7-10(15)3-4-13(11)18-2/h3-8,14,17H,1-2H3. The van der Waals surface area contributed by atoms with E-state index >= 15 is 0 Å². The molecule has 1 aromatic heterocycles. The lowest BCUT2D eigenvalue weighted by molar-refractivity contribution is 0.213. The molecule has 0 amide bonds. The van der Waals surface area contributed by atoms with E-state index in [9.17, 15) is 5.11 Å². The Morgan fingerprint density at radius 3 is 2.72 bits per heavy atom. The Balaban J connectivity index is 2.48. The summed E-state index contributed by atoms with van der Waals surface area (Å²) in [5, 5.41) is 10.5. The van der Waals surface area contributed by atoms with Gasteiger partial charge in [0.15, 0.2) is 0 Å². The number of benzene rings is 1. The van der Waals surface area contributed by atoms with Gasteiger partial charge in [0.2, 0.25) is 0 Å². The Kier molecular flexibility index (Phi) is 3.99. The van der Waals surface area contributed by atoms with Crippen LogP contribution >= 0.6 is 15.9 Å². The first-order chi connectivity index (χ1) is 8.63. The lowest BCUT2D eigenvalue weighted by Crippen LogP contribution is -2.04. The number of aryl methyl sites for hydroxylation is 1. The van der Waals surface area contributed by atoms with Crippen molar-refractivity contribution in [2.75, 3.05) is 7.11 Å². The van der Waals surface area contributed by atoms with Crippen LogP contribution in [0.1, 0.15) is 22.8 Å². The fraction of sp³-hybridized carbons (Fsp3) is 0.214. The zero-order valence-electron chi connectivity index (χ0n) is 10.2. The molecule has 0 fully saturated rings. The van der Waals surface area contributed by atoms with E-state index in [0.29, 0.717) is 5.75 Å². The van der Waals surface area contributed by atoms with Crippen molar-refractivity contribution in [3.05, 3.63) is 57.8 Å². The first kappa shape index (κ1) is 13.1. The number of pyridine rings is 1. The summed E-state index contributed by atoms with van der Waals surface area (Å²) in [5.41, 5.74) is 2.51. The molecule has 94 valence electrons. The van der Waals surface area contributed by atoms with E-state index in [-0.39, 0.29) is 0 Å². The Hall–Kier alpha value is -1.39. The van der Waals surface area contributed by atoms with E-state index in [0.717, 1.165) is 21.2 Å². The molecule has 2 rings (SSSR count). The van der Waals surface area contributed by atoms with Crippen LogP contribution in [-0.4, -0.2) is 17.2 Å². The number of hydrogen-bond acceptors (Lipinski definition) is 3. The Morgan fingerprint density at radius 2 is 2.06 bits per heavy atom. The van der Waals surface area contributed by atoms with Gasteiger partial charge in [-0.05, 0) is 36.8 Å². The van der Waals surface area contributed by atoms with E-state index in [1.165, 1.54) is 0 Å². The topological polar surface area (TPSA) is 42.4 Å². The molecule has 1 atom stereocenters. The predicted molar refractivity (Wildman–Crippen MR) is 73.7 cm³/mol. The zero-order valence-corrected chi connectivity index (χ0v) is 11.8. The molecule has 0 aliphatic rings. The van der Waals surface area contributed by atoms with Crippen molar-refractivity contribution in [2.24, 2.45) is 0 Å². The van der Waals surface area contributed by atoms with E-state index in [1.54, 1.807) is 19.5 Å². The van der Waals surface area contributed by atoms with Gasteiger partial charge in [0, 0.05) is 28.0 Å². The third-order valence-corrected chi connectivity index (χ3v) is 3.35. The van der Waals surface area contributed by atoms with Crippen LogP contribution in [0.2, 0.25) is 0 Å². The van der Waals surface area contributed by atoms with Crippen molar-refractivity contribution in [1.29, 1.82) is 0 Å².